The Morgan fingerprint density at radius 2 is 2.12 bits per heavy atom. The van der Waals surface area contributed by atoms with E-state index >= 15 is 0 Å². The van der Waals surface area contributed by atoms with Gasteiger partial charge in [-0.2, -0.15) is 0 Å². The molecule has 0 aromatic heterocycles. The second-order valence-electron chi connectivity index (χ2n) is 10.8. The molecule has 1 aliphatic heterocycles. The van der Waals surface area contributed by atoms with Gasteiger partial charge in [0.05, 0.1) is 12.0 Å². The number of benzene rings is 1. The molecule has 1 heterocycles. The summed E-state index contributed by atoms with van der Waals surface area (Å²) in [6, 6.07) is 6.25. The summed E-state index contributed by atoms with van der Waals surface area (Å²) in [7, 11) is 1.00. The molecule has 5 nitrogen and oxygen atoms in total. The molecule has 0 bridgehead atoms. The van der Waals surface area contributed by atoms with E-state index in [2.05, 4.69) is 56.4 Å². The van der Waals surface area contributed by atoms with Crippen LogP contribution in [-0.2, 0) is 9.53 Å². The number of nitrogens with one attached hydrogen (secondary N) is 1. The highest BCUT2D eigenvalue weighted by Crippen LogP contribution is 2.58. The monoisotopic (exact) mass is 467 g/mol. The van der Waals surface area contributed by atoms with Crippen molar-refractivity contribution in [2.24, 2.45) is 11.8 Å². The molecule has 4 aliphatic rings. The molecule has 2 N–H and O–H groups in total. The minimum atomic E-state index is -0.00548. The first-order chi connectivity index (χ1) is 16.5. The summed E-state index contributed by atoms with van der Waals surface area (Å²) in [4.78, 5) is 11.1. The third kappa shape index (κ3) is 5.32. The van der Waals surface area contributed by atoms with Crippen molar-refractivity contribution >= 4 is 6.29 Å². The van der Waals surface area contributed by atoms with Crippen LogP contribution in [0.4, 0.5) is 0 Å². The van der Waals surface area contributed by atoms with Crippen molar-refractivity contribution in [3.63, 3.8) is 0 Å². The lowest BCUT2D eigenvalue weighted by atomic mass is 9.88. The number of fused-ring (bicyclic) bond motifs is 3. The molecule has 1 saturated carbocycles. The molecule has 0 saturated heterocycles. The maximum Gasteiger partial charge on any atom is 0.129 e. The Balaban J connectivity index is 0.00000133. The Kier molecular flexibility index (Phi) is 7.96. The maximum absolute atomic E-state index is 11.1. The van der Waals surface area contributed by atoms with Gasteiger partial charge in [0.25, 0.3) is 0 Å². The molecule has 1 aromatic rings. The van der Waals surface area contributed by atoms with Crippen molar-refractivity contribution in [1.82, 2.24) is 5.32 Å². The van der Waals surface area contributed by atoms with Gasteiger partial charge in [-0.15, -0.1) is 0 Å². The molecule has 5 unspecified atom stereocenters. The molecule has 5 atom stereocenters. The normalized spacial score (nSPS) is 27.2. The molecule has 0 radical (unpaired) electrons. The zero-order valence-corrected chi connectivity index (χ0v) is 21.2. The third-order valence-corrected chi connectivity index (χ3v) is 7.81. The van der Waals surface area contributed by atoms with E-state index in [9.17, 15) is 4.79 Å². The van der Waals surface area contributed by atoms with E-state index in [1.54, 1.807) is 11.1 Å². The first-order valence-electron chi connectivity index (χ1n) is 12.9. The van der Waals surface area contributed by atoms with Gasteiger partial charge in [-0.05, 0) is 77.3 Å². The van der Waals surface area contributed by atoms with Gasteiger partial charge in [-0.1, -0.05) is 35.9 Å². The predicted octanol–water partition coefficient (Wildman–Crippen LogP) is 5.25. The lowest BCUT2D eigenvalue weighted by Crippen LogP contribution is -2.41. The predicted molar refractivity (Wildman–Crippen MR) is 135 cm³/mol. The van der Waals surface area contributed by atoms with E-state index in [1.807, 2.05) is 0 Å². The van der Waals surface area contributed by atoms with Gasteiger partial charge in [-0.3, -0.25) is 0 Å². The van der Waals surface area contributed by atoms with Gasteiger partial charge in [0.2, 0.25) is 0 Å². The zero-order chi connectivity index (χ0) is 24.3. The van der Waals surface area contributed by atoms with Crippen molar-refractivity contribution in [2.75, 3.05) is 20.3 Å². The van der Waals surface area contributed by atoms with Crippen molar-refractivity contribution in [1.29, 1.82) is 0 Å². The highest BCUT2D eigenvalue weighted by Gasteiger charge is 2.59. The Morgan fingerprint density at radius 3 is 2.88 bits per heavy atom. The van der Waals surface area contributed by atoms with Crippen LogP contribution in [0.15, 0.2) is 41.5 Å². The summed E-state index contributed by atoms with van der Waals surface area (Å²) in [6.07, 6.45) is 13.1. The Morgan fingerprint density at radius 1 is 1.29 bits per heavy atom. The van der Waals surface area contributed by atoms with Gasteiger partial charge in [0.15, 0.2) is 0 Å². The number of para-hydroxylation sites is 1. The number of aliphatic hydroxyl groups excluding tert-OH is 1. The van der Waals surface area contributed by atoms with Gasteiger partial charge >= 0.3 is 0 Å². The van der Waals surface area contributed by atoms with Crippen LogP contribution in [0.2, 0.25) is 0 Å². The van der Waals surface area contributed by atoms with Crippen LogP contribution in [0.1, 0.15) is 82.4 Å². The second kappa shape index (κ2) is 10.8. The molecular weight excluding hydrogens is 426 g/mol. The number of allylic oxidation sites excluding steroid dienone is 4. The fourth-order valence-electron chi connectivity index (χ4n) is 6.16. The van der Waals surface area contributed by atoms with Crippen molar-refractivity contribution < 1.29 is 19.4 Å². The average Bonchev–Trinajstić information content (AvgIpc) is 3.16. The highest BCUT2D eigenvalue weighted by molar-refractivity contribution is 5.68. The Bertz CT molecular complexity index is 934. The number of rotatable bonds is 10. The molecule has 34 heavy (non-hydrogen) atoms. The number of hydrogen-bond donors (Lipinski definition) is 2. The fourth-order valence-corrected chi connectivity index (χ4v) is 6.16. The summed E-state index contributed by atoms with van der Waals surface area (Å²) in [6.45, 7) is 8.47. The summed E-state index contributed by atoms with van der Waals surface area (Å²) in [5.74, 6) is 2.05. The van der Waals surface area contributed by atoms with Gasteiger partial charge < -0.3 is 24.7 Å². The average molecular weight is 468 g/mol. The molecule has 3 aliphatic carbocycles. The largest absolute Gasteiger partial charge is 0.488 e. The smallest absolute Gasteiger partial charge is 0.129 e. The molecule has 186 valence electrons. The first kappa shape index (κ1) is 25.2. The standard InChI is InChI=1S/C28H37NO3.CH4O/c1-18(22-10-6-11-23-25-24(17-30)27(25)32-26(22)23)31-13-7-12-29-28(2,3)16-19-14-20-8-4-5-9-21(20)15-19;1-2/h4,6,8,10-11,17-19,24-25,27,29H,5,7,9,12-16H2,1-3H3;2H,1H3. The summed E-state index contributed by atoms with van der Waals surface area (Å²) < 4.78 is 12.2. The van der Waals surface area contributed by atoms with Crippen LogP contribution < -0.4 is 10.1 Å². The van der Waals surface area contributed by atoms with Crippen molar-refractivity contribution in [3.05, 3.63) is 52.6 Å². The lowest BCUT2D eigenvalue weighted by Gasteiger charge is -2.30. The molecule has 5 heteroatoms. The molecule has 5 rings (SSSR count). The van der Waals surface area contributed by atoms with E-state index in [0.29, 0.717) is 0 Å². The number of carbonyl (C=O) groups excluding carboxylic acids is 1. The van der Waals surface area contributed by atoms with Crippen molar-refractivity contribution in [2.45, 2.75) is 83.0 Å². The van der Waals surface area contributed by atoms with Crippen LogP contribution in [0.25, 0.3) is 0 Å². The van der Waals surface area contributed by atoms with Gasteiger partial charge in [-0.25, -0.2) is 0 Å². The quantitative estimate of drug-likeness (QED) is 0.363. The molecular formula is C29H41NO4. The summed E-state index contributed by atoms with van der Waals surface area (Å²) in [5, 5.41) is 10.8. The van der Waals surface area contributed by atoms with Crippen LogP contribution >= 0.6 is 0 Å². The van der Waals surface area contributed by atoms with Gasteiger partial charge in [0, 0.05) is 36.3 Å². The summed E-state index contributed by atoms with van der Waals surface area (Å²) in [5.41, 5.74) is 5.78. The van der Waals surface area contributed by atoms with E-state index < -0.39 is 0 Å². The van der Waals surface area contributed by atoms with Crippen LogP contribution in [0.5, 0.6) is 5.75 Å². The zero-order valence-electron chi connectivity index (χ0n) is 21.2. The minimum Gasteiger partial charge on any atom is -0.488 e. The maximum atomic E-state index is 11.1. The minimum absolute atomic E-state index is 0.00548. The van der Waals surface area contributed by atoms with E-state index in [-0.39, 0.29) is 29.6 Å². The summed E-state index contributed by atoms with van der Waals surface area (Å²) >= 11 is 0. The van der Waals surface area contributed by atoms with Crippen LogP contribution in [-0.4, -0.2) is 43.3 Å². The van der Waals surface area contributed by atoms with E-state index in [1.165, 1.54) is 37.7 Å². The highest BCUT2D eigenvalue weighted by atomic mass is 16.5. The van der Waals surface area contributed by atoms with Crippen molar-refractivity contribution in [3.8, 4) is 5.75 Å². The number of ether oxygens (including phenoxy) is 2. The Labute approximate surface area is 204 Å². The number of aldehydes is 1. The van der Waals surface area contributed by atoms with Crippen LogP contribution in [0.3, 0.4) is 0 Å². The molecule has 0 spiro atoms. The van der Waals surface area contributed by atoms with Gasteiger partial charge in [0.1, 0.15) is 18.1 Å². The number of hydrogen-bond acceptors (Lipinski definition) is 5. The Hall–Kier alpha value is -1.95. The fraction of sp³-hybridized carbons (Fsp3) is 0.621. The lowest BCUT2D eigenvalue weighted by molar-refractivity contribution is -0.109. The first-order valence-corrected chi connectivity index (χ1v) is 12.9. The second-order valence-corrected chi connectivity index (χ2v) is 10.8. The SMILES string of the molecule is CC(OCCCNC(C)(C)CC1CC2=C(CCC=C2)C1)c1cccc2c1OC1C(C=O)C21.CO. The third-order valence-electron chi connectivity index (χ3n) is 7.81. The topological polar surface area (TPSA) is 67.8 Å². The van der Waals surface area contributed by atoms with E-state index in [4.69, 9.17) is 14.6 Å². The number of carbonyl (C=O) groups is 1. The number of aliphatic hydroxyl groups is 1. The van der Waals surface area contributed by atoms with Crippen LogP contribution in [0, 0.1) is 11.8 Å². The van der Waals surface area contributed by atoms with E-state index in [0.717, 1.165) is 50.2 Å². The molecule has 1 aromatic carbocycles. The molecule has 1 fully saturated rings. The molecule has 0 amide bonds.